The molecule has 0 amide bonds. The molecule has 0 heterocycles. The van der Waals surface area contributed by atoms with Crippen LogP contribution < -0.4 is 0 Å². The number of hydrogen-bond donors (Lipinski definition) is 0. The van der Waals surface area contributed by atoms with Crippen LogP contribution in [0.2, 0.25) is 0 Å². The molecule has 0 unspecified atom stereocenters. The minimum Gasteiger partial charge on any atom is -0.340 e. The molecule has 0 saturated carbocycles. The first-order valence-corrected chi connectivity index (χ1v) is 6.23. The standard InChI is InChI=1S/C13H29NO4/c1-10(2)12(15-6,16-7)14(5)13(17-8,18-9)11(3)4/h10-11H,1-9H3. The third kappa shape index (κ3) is 2.70. The maximum Gasteiger partial charge on any atom is 0.235 e. The molecule has 110 valence electrons. The topological polar surface area (TPSA) is 40.2 Å². The highest BCUT2D eigenvalue weighted by Gasteiger charge is 2.52. The summed E-state index contributed by atoms with van der Waals surface area (Å²) in [6.07, 6.45) is 0. The Morgan fingerprint density at radius 1 is 0.667 bits per heavy atom. The molecule has 0 spiro atoms. The molecule has 0 atom stereocenters. The minimum atomic E-state index is -0.906. The Balaban J connectivity index is 5.59. The van der Waals surface area contributed by atoms with Gasteiger partial charge in [0.05, 0.1) is 0 Å². The number of ether oxygens (including phenoxy) is 4. The fourth-order valence-electron chi connectivity index (χ4n) is 2.65. The number of nitrogens with zero attached hydrogens (tertiary/aromatic N) is 1. The van der Waals surface area contributed by atoms with Crippen molar-refractivity contribution >= 4 is 0 Å². The van der Waals surface area contributed by atoms with E-state index in [4.69, 9.17) is 18.9 Å². The van der Waals surface area contributed by atoms with Crippen molar-refractivity contribution in [3.63, 3.8) is 0 Å². The first-order valence-electron chi connectivity index (χ1n) is 6.23. The van der Waals surface area contributed by atoms with Crippen molar-refractivity contribution in [2.75, 3.05) is 35.5 Å². The summed E-state index contributed by atoms with van der Waals surface area (Å²) in [4.78, 5) is 1.86. The van der Waals surface area contributed by atoms with E-state index in [2.05, 4.69) is 0 Å². The largest absolute Gasteiger partial charge is 0.340 e. The summed E-state index contributed by atoms with van der Waals surface area (Å²) >= 11 is 0. The zero-order valence-electron chi connectivity index (χ0n) is 13.2. The lowest BCUT2D eigenvalue weighted by Gasteiger charge is -2.51. The van der Waals surface area contributed by atoms with E-state index in [1.807, 2.05) is 39.6 Å². The van der Waals surface area contributed by atoms with Gasteiger partial charge in [-0.25, -0.2) is 4.90 Å². The van der Waals surface area contributed by atoms with Crippen LogP contribution in [0, 0.1) is 11.8 Å². The molecule has 0 aromatic rings. The first-order chi connectivity index (χ1) is 8.28. The molecule has 18 heavy (non-hydrogen) atoms. The van der Waals surface area contributed by atoms with E-state index in [9.17, 15) is 0 Å². The van der Waals surface area contributed by atoms with Gasteiger partial charge in [0.1, 0.15) is 0 Å². The van der Waals surface area contributed by atoms with Gasteiger partial charge in [-0.05, 0) is 7.05 Å². The third-order valence-corrected chi connectivity index (χ3v) is 3.56. The summed E-state index contributed by atoms with van der Waals surface area (Å²) in [6, 6.07) is 0. The molecule has 0 saturated heterocycles. The lowest BCUT2D eigenvalue weighted by molar-refractivity contribution is -0.424. The molecular weight excluding hydrogens is 234 g/mol. The van der Waals surface area contributed by atoms with Crippen molar-refractivity contribution in [2.24, 2.45) is 11.8 Å². The summed E-state index contributed by atoms with van der Waals surface area (Å²) in [6.45, 7) is 8.11. The summed E-state index contributed by atoms with van der Waals surface area (Å²) in [5.41, 5.74) is 0. The van der Waals surface area contributed by atoms with Crippen molar-refractivity contribution in [2.45, 2.75) is 39.5 Å². The lowest BCUT2D eigenvalue weighted by atomic mass is 10.0. The number of rotatable bonds is 8. The Kier molecular flexibility index (Phi) is 6.74. The van der Waals surface area contributed by atoms with E-state index in [0.717, 1.165) is 0 Å². The van der Waals surface area contributed by atoms with Gasteiger partial charge in [-0.2, -0.15) is 0 Å². The number of methoxy groups -OCH3 is 4. The predicted octanol–water partition coefficient (Wildman–Crippen LogP) is 2.12. The van der Waals surface area contributed by atoms with Gasteiger partial charge in [0, 0.05) is 40.3 Å². The van der Waals surface area contributed by atoms with Gasteiger partial charge < -0.3 is 18.9 Å². The second-order valence-electron chi connectivity index (χ2n) is 4.95. The van der Waals surface area contributed by atoms with Crippen LogP contribution >= 0.6 is 0 Å². The zero-order chi connectivity index (χ0) is 14.6. The zero-order valence-corrected chi connectivity index (χ0v) is 13.2. The molecule has 0 aliphatic carbocycles. The van der Waals surface area contributed by atoms with Gasteiger partial charge in [-0.3, -0.25) is 0 Å². The quantitative estimate of drug-likeness (QED) is 0.627. The molecule has 0 N–H and O–H groups in total. The number of hydrogen-bond acceptors (Lipinski definition) is 5. The maximum atomic E-state index is 5.61. The summed E-state index contributed by atoms with van der Waals surface area (Å²) in [7, 11) is 8.36. The monoisotopic (exact) mass is 263 g/mol. The van der Waals surface area contributed by atoms with Crippen molar-refractivity contribution < 1.29 is 18.9 Å². The van der Waals surface area contributed by atoms with Gasteiger partial charge in [0.25, 0.3) is 0 Å². The second kappa shape index (κ2) is 6.82. The Morgan fingerprint density at radius 3 is 1.00 bits per heavy atom. The van der Waals surface area contributed by atoms with Crippen LogP contribution in [-0.4, -0.2) is 52.2 Å². The van der Waals surface area contributed by atoms with Gasteiger partial charge in [0.15, 0.2) is 0 Å². The Hall–Kier alpha value is -0.200. The molecule has 0 aromatic heterocycles. The summed E-state index contributed by atoms with van der Waals surface area (Å²) in [5, 5.41) is 0. The predicted molar refractivity (Wildman–Crippen MR) is 70.9 cm³/mol. The van der Waals surface area contributed by atoms with E-state index < -0.39 is 11.8 Å². The molecular formula is C13H29NO4. The molecule has 0 aliphatic heterocycles. The summed E-state index contributed by atoms with van der Waals surface area (Å²) in [5.74, 6) is -1.62. The van der Waals surface area contributed by atoms with Crippen LogP contribution in [0.25, 0.3) is 0 Å². The fourth-order valence-corrected chi connectivity index (χ4v) is 2.65. The smallest absolute Gasteiger partial charge is 0.235 e. The molecule has 0 aliphatic rings. The van der Waals surface area contributed by atoms with Gasteiger partial charge in [-0.15, -0.1) is 0 Å². The molecule has 0 rings (SSSR count). The maximum absolute atomic E-state index is 5.61. The normalized spacial score (nSPS) is 14.0. The van der Waals surface area contributed by atoms with Crippen LogP contribution in [0.3, 0.4) is 0 Å². The van der Waals surface area contributed by atoms with Crippen LogP contribution in [0.15, 0.2) is 0 Å². The van der Waals surface area contributed by atoms with Crippen LogP contribution in [0.4, 0.5) is 0 Å². The SMILES string of the molecule is COC(OC)(C(C)C)N(C)C(OC)(OC)C(C)C. The van der Waals surface area contributed by atoms with Crippen molar-refractivity contribution in [3.8, 4) is 0 Å². The summed E-state index contributed by atoms with van der Waals surface area (Å²) < 4.78 is 22.5. The highest BCUT2D eigenvalue weighted by molar-refractivity contribution is 4.82. The minimum absolute atomic E-state index is 0.0981. The van der Waals surface area contributed by atoms with E-state index in [0.29, 0.717) is 0 Å². The second-order valence-corrected chi connectivity index (χ2v) is 4.95. The van der Waals surface area contributed by atoms with Crippen LogP contribution in [0.5, 0.6) is 0 Å². The van der Waals surface area contributed by atoms with Crippen LogP contribution in [-0.2, 0) is 18.9 Å². The first kappa shape index (κ1) is 17.8. The van der Waals surface area contributed by atoms with E-state index in [-0.39, 0.29) is 11.8 Å². The average Bonchev–Trinajstić information content (AvgIpc) is 2.32. The van der Waals surface area contributed by atoms with E-state index >= 15 is 0 Å². The van der Waals surface area contributed by atoms with Crippen molar-refractivity contribution in [1.82, 2.24) is 4.90 Å². The van der Waals surface area contributed by atoms with Crippen LogP contribution in [0.1, 0.15) is 27.7 Å². The fraction of sp³-hybridized carbons (Fsp3) is 1.00. The Labute approximate surface area is 111 Å². The lowest BCUT2D eigenvalue weighted by Crippen LogP contribution is -2.66. The molecule has 5 nitrogen and oxygen atoms in total. The molecule has 0 radical (unpaired) electrons. The van der Waals surface area contributed by atoms with Gasteiger partial charge in [0.2, 0.25) is 11.8 Å². The average molecular weight is 263 g/mol. The van der Waals surface area contributed by atoms with Gasteiger partial charge in [-0.1, -0.05) is 27.7 Å². The van der Waals surface area contributed by atoms with Gasteiger partial charge >= 0.3 is 0 Å². The highest BCUT2D eigenvalue weighted by atomic mass is 16.8. The molecule has 0 bridgehead atoms. The molecule has 5 heteroatoms. The van der Waals surface area contributed by atoms with E-state index in [1.54, 1.807) is 28.4 Å². The Morgan fingerprint density at radius 2 is 0.889 bits per heavy atom. The molecule has 0 aromatic carbocycles. The van der Waals surface area contributed by atoms with Crippen molar-refractivity contribution in [1.29, 1.82) is 0 Å². The van der Waals surface area contributed by atoms with Crippen molar-refractivity contribution in [3.05, 3.63) is 0 Å². The Bertz CT molecular complexity index is 211. The molecule has 0 fully saturated rings. The van der Waals surface area contributed by atoms with E-state index in [1.165, 1.54) is 0 Å². The highest BCUT2D eigenvalue weighted by Crippen LogP contribution is 2.36. The third-order valence-electron chi connectivity index (χ3n) is 3.56.